The number of carbonyl (C=O) groups is 2. The molecule has 0 aliphatic rings. The van der Waals surface area contributed by atoms with Crippen LogP contribution in [0.3, 0.4) is 0 Å². The molecular weight excluding hydrogens is 312 g/mol. The standard InChI is InChI=1S/C12H14N4O3S2/c1-7-4-8(11(18)19-3)10(21-7)14-9(17)5-20-12-15-13-6-16(12)2/h4,6H,5H2,1-3H3,(H,14,17). The normalized spacial score (nSPS) is 10.4. The molecule has 1 N–H and O–H groups in total. The molecule has 112 valence electrons. The Bertz CT molecular complexity index is 665. The highest BCUT2D eigenvalue weighted by molar-refractivity contribution is 7.99. The smallest absolute Gasteiger partial charge is 0.340 e. The van der Waals surface area contributed by atoms with Gasteiger partial charge in [0, 0.05) is 11.9 Å². The fourth-order valence-electron chi connectivity index (χ4n) is 1.56. The first-order chi connectivity index (χ1) is 10.0. The van der Waals surface area contributed by atoms with E-state index in [1.165, 1.54) is 30.2 Å². The molecule has 2 heterocycles. The van der Waals surface area contributed by atoms with Crippen molar-refractivity contribution in [1.29, 1.82) is 0 Å². The summed E-state index contributed by atoms with van der Waals surface area (Å²) in [6.45, 7) is 1.86. The molecule has 0 aliphatic carbocycles. The number of aromatic nitrogens is 3. The van der Waals surface area contributed by atoms with Gasteiger partial charge < -0.3 is 14.6 Å². The highest BCUT2D eigenvalue weighted by Gasteiger charge is 2.17. The van der Waals surface area contributed by atoms with Crippen LogP contribution in [0.4, 0.5) is 5.00 Å². The Morgan fingerprint density at radius 3 is 2.90 bits per heavy atom. The molecule has 9 heteroatoms. The van der Waals surface area contributed by atoms with E-state index in [0.29, 0.717) is 15.7 Å². The maximum Gasteiger partial charge on any atom is 0.340 e. The minimum atomic E-state index is -0.462. The summed E-state index contributed by atoms with van der Waals surface area (Å²) in [5, 5.41) is 11.5. The number of hydrogen-bond acceptors (Lipinski definition) is 7. The molecule has 2 aromatic heterocycles. The Morgan fingerprint density at radius 1 is 1.52 bits per heavy atom. The number of nitrogens with zero attached hydrogens (tertiary/aromatic N) is 3. The molecule has 0 radical (unpaired) electrons. The van der Waals surface area contributed by atoms with Crippen molar-refractivity contribution >= 4 is 40.0 Å². The van der Waals surface area contributed by atoms with Gasteiger partial charge >= 0.3 is 5.97 Å². The minimum absolute atomic E-state index is 0.185. The van der Waals surface area contributed by atoms with Crippen molar-refractivity contribution in [3.63, 3.8) is 0 Å². The van der Waals surface area contributed by atoms with E-state index in [1.54, 1.807) is 24.0 Å². The summed E-state index contributed by atoms with van der Waals surface area (Å²) in [4.78, 5) is 24.5. The number of thioether (sulfide) groups is 1. The Morgan fingerprint density at radius 2 is 2.29 bits per heavy atom. The number of aryl methyl sites for hydroxylation is 2. The van der Waals surface area contributed by atoms with Crippen molar-refractivity contribution in [2.45, 2.75) is 12.1 Å². The predicted molar refractivity (Wildman–Crippen MR) is 80.8 cm³/mol. The van der Waals surface area contributed by atoms with Crippen molar-refractivity contribution in [3.8, 4) is 0 Å². The van der Waals surface area contributed by atoms with Gasteiger partial charge in [0.1, 0.15) is 11.3 Å². The zero-order valence-corrected chi connectivity index (χ0v) is 13.4. The molecule has 0 atom stereocenters. The molecule has 0 aliphatic heterocycles. The molecule has 2 aromatic rings. The minimum Gasteiger partial charge on any atom is -0.465 e. The highest BCUT2D eigenvalue weighted by atomic mass is 32.2. The number of thiophene rings is 1. The number of esters is 1. The number of nitrogens with one attached hydrogen (secondary N) is 1. The van der Waals surface area contributed by atoms with Crippen LogP contribution < -0.4 is 5.32 Å². The number of ether oxygens (including phenoxy) is 1. The maximum atomic E-state index is 12.0. The third-order valence-corrected chi connectivity index (χ3v) is 4.52. The third kappa shape index (κ3) is 3.82. The van der Waals surface area contributed by atoms with Crippen molar-refractivity contribution in [2.75, 3.05) is 18.2 Å². The number of methoxy groups -OCH3 is 1. The summed E-state index contributed by atoms with van der Waals surface area (Å²) in [5.41, 5.74) is 0.372. The molecule has 0 saturated carbocycles. The lowest BCUT2D eigenvalue weighted by Crippen LogP contribution is -2.15. The van der Waals surface area contributed by atoms with Crippen molar-refractivity contribution in [1.82, 2.24) is 14.8 Å². The van der Waals surface area contributed by atoms with Crippen LogP contribution in [-0.2, 0) is 16.6 Å². The van der Waals surface area contributed by atoms with Crippen molar-refractivity contribution < 1.29 is 14.3 Å². The van der Waals surface area contributed by atoms with Gasteiger partial charge in [0.05, 0.1) is 18.4 Å². The van der Waals surface area contributed by atoms with Crippen LogP contribution in [0.15, 0.2) is 17.6 Å². The number of amides is 1. The van der Waals surface area contributed by atoms with Crippen LogP contribution >= 0.6 is 23.1 Å². The van der Waals surface area contributed by atoms with Crippen molar-refractivity contribution in [2.24, 2.45) is 7.05 Å². The molecule has 0 fully saturated rings. The highest BCUT2D eigenvalue weighted by Crippen LogP contribution is 2.28. The first-order valence-corrected chi connectivity index (χ1v) is 7.77. The van der Waals surface area contributed by atoms with Gasteiger partial charge in [0.25, 0.3) is 0 Å². The molecule has 0 saturated heterocycles. The lowest BCUT2D eigenvalue weighted by molar-refractivity contribution is -0.113. The van der Waals surface area contributed by atoms with Gasteiger partial charge in [-0.1, -0.05) is 11.8 Å². The first kappa shape index (κ1) is 15.5. The second-order valence-electron chi connectivity index (χ2n) is 4.15. The van der Waals surface area contributed by atoms with Gasteiger partial charge in [0.15, 0.2) is 5.16 Å². The third-order valence-electron chi connectivity index (χ3n) is 2.52. The van der Waals surface area contributed by atoms with Gasteiger partial charge in [-0.05, 0) is 13.0 Å². The largest absolute Gasteiger partial charge is 0.465 e. The quantitative estimate of drug-likeness (QED) is 0.665. The van der Waals surface area contributed by atoms with Crippen molar-refractivity contribution in [3.05, 3.63) is 22.8 Å². The maximum absolute atomic E-state index is 12.0. The Hall–Kier alpha value is -1.87. The monoisotopic (exact) mass is 326 g/mol. The van der Waals surface area contributed by atoms with E-state index >= 15 is 0 Å². The molecular formula is C12H14N4O3S2. The molecule has 0 spiro atoms. The summed E-state index contributed by atoms with van der Waals surface area (Å²) in [7, 11) is 3.11. The molecule has 0 unspecified atom stereocenters. The van der Waals surface area contributed by atoms with Crippen LogP contribution in [0.25, 0.3) is 0 Å². The predicted octanol–water partition coefficient (Wildman–Crippen LogP) is 1.70. The summed E-state index contributed by atoms with van der Waals surface area (Å²) in [6.07, 6.45) is 1.57. The molecule has 7 nitrogen and oxygen atoms in total. The van der Waals surface area contributed by atoms with Gasteiger partial charge in [-0.15, -0.1) is 21.5 Å². The van der Waals surface area contributed by atoms with Gasteiger partial charge in [0.2, 0.25) is 5.91 Å². The van der Waals surface area contributed by atoms with E-state index in [4.69, 9.17) is 4.74 Å². The number of carbonyl (C=O) groups excluding carboxylic acids is 2. The Labute approximate surface area is 129 Å². The lowest BCUT2D eigenvalue weighted by atomic mass is 10.3. The van der Waals surface area contributed by atoms with Crippen LogP contribution in [0.2, 0.25) is 0 Å². The van der Waals surface area contributed by atoms with E-state index in [1.807, 2.05) is 6.92 Å². The van der Waals surface area contributed by atoms with E-state index in [9.17, 15) is 9.59 Å². The van der Waals surface area contributed by atoms with Gasteiger partial charge in [-0.3, -0.25) is 4.79 Å². The van der Waals surface area contributed by atoms with Gasteiger partial charge in [-0.25, -0.2) is 4.79 Å². The zero-order valence-electron chi connectivity index (χ0n) is 11.7. The molecule has 21 heavy (non-hydrogen) atoms. The van der Waals surface area contributed by atoms with Crippen LogP contribution in [0.5, 0.6) is 0 Å². The average molecular weight is 326 g/mol. The SMILES string of the molecule is COC(=O)c1cc(C)sc1NC(=O)CSc1nncn1C. The van der Waals surface area contributed by atoms with E-state index in [-0.39, 0.29) is 11.7 Å². The average Bonchev–Trinajstić information content (AvgIpc) is 3.01. The lowest BCUT2D eigenvalue weighted by Gasteiger charge is -2.05. The Kier molecular flexibility index (Phi) is 4.97. The number of hydrogen-bond donors (Lipinski definition) is 1. The van der Waals surface area contributed by atoms with E-state index in [2.05, 4.69) is 15.5 Å². The van der Waals surface area contributed by atoms with Crippen LogP contribution in [0.1, 0.15) is 15.2 Å². The molecule has 2 rings (SSSR count). The second-order valence-corrected chi connectivity index (χ2v) is 6.35. The fourth-order valence-corrected chi connectivity index (χ4v) is 3.17. The number of rotatable bonds is 5. The Balaban J connectivity index is 2.00. The fraction of sp³-hybridized carbons (Fsp3) is 0.333. The topological polar surface area (TPSA) is 86.1 Å². The summed E-state index contributed by atoms with van der Waals surface area (Å²) < 4.78 is 6.43. The molecule has 1 amide bonds. The number of anilines is 1. The van der Waals surface area contributed by atoms with Crippen LogP contribution in [-0.4, -0.2) is 39.5 Å². The van der Waals surface area contributed by atoms with E-state index < -0.39 is 5.97 Å². The summed E-state index contributed by atoms with van der Waals surface area (Å²) in [6, 6.07) is 1.70. The van der Waals surface area contributed by atoms with Gasteiger partial charge in [-0.2, -0.15) is 0 Å². The van der Waals surface area contributed by atoms with Crippen LogP contribution in [0, 0.1) is 6.92 Å². The molecule has 0 bridgehead atoms. The zero-order chi connectivity index (χ0) is 15.4. The van der Waals surface area contributed by atoms with E-state index in [0.717, 1.165) is 4.88 Å². The summed E-state index contributed by atoms with van der Waals surface area (Å²) >= 11 is 2.61. The molecule has 0 aromatic carbocycles. The first-order valence-electron chi connectivity index (χ1n) is 5.96. The second kappa shape index (κ2) is 6.72. The summed E-state index contributed by atoms with van der Waals surface area (Å²) in [5.74, 6) is -0.491.